The van der Waals surface area contributed by atoms with Crippen LogP contribution in [-0.4, -0.2) is 43.0 Å². The highest BCUT2D eigenvalue weighted by Crippen LogP contribution is 2.20. The van der Waals surface area contributed by atoms with E-state index in [0.29, 0.717) is 26.2 Å². The Morgan fingerprint density at radius 3 is 2.56 bits per heavy atom. The van der Waals surface area contributed by atoms with Gasteiger partial charge in [-0.1, -0.05) is 20.8 Å². The molecule has 0 aliphatic carbocycles. The fourth-order valence-corrected chi connectivity index (χ4v) is 1.83. The highest BCUT2D eigenvalue weighted by molar-refractivity contribution is 5.74. The van der Waals surface area contributed by atoms with Gasteiger partial charge in [-0.05, 0) is 24.7 Å². The number of aliphatic hydroxyl groups excluding tert-OH is 1. The predicted octanol–water partition coefficient (Wildman–Crippen LogP) is 1.26. The van der Waals surface area contributed by atoms with E-state index in [9.17, 15) is 9.90 Å². The minimum absolute atomic E-state index is 0.140. The molecule has 0 aromatic carbocycles. The quantitative estimate of drug-likeness (QED) is 0.711. The largest absolute Gasteiger partial charge is 0.393 e. The molecule has 1 aliphatic heterocycles. The molecular weight excluding hydrogens is 232 g/mol. The summed E-state index contributed by atoms with van der Waals surface area (Å²) in [6.07, 6.45) is 1.92. The number of rotatable bonds is 4. The topological polar surface area (TPSA) is 70.6 Å². The Labute approximate surface area is 109 Å². The van der Waals surface area contributed by atoms with Crippen LogP contribution in [0.2, 0.25) is 0 Å². The first-order valence-electron chi connectivity index (χ1n) is 6.70. The summed E-state index contributed by atoms with van der Waals surface area (Å²) < 4.78 is 5.23. The van der Waals surface area contributed by atoms with E-state index in [-0.39, 0.29) is 17.5 Å². The van der Waals surface area contributed by atoms with E-state index < -0.39 is 6.10 Å². The van der Waals surface area contributed by atoms with Gasteiger partial charge in [0.2, 0.25) is 0 Å². The lowest BCUT2D eigenvalue weighted by molar-refractivity contribution is 0.0562. The Morgan fingerprint density at radius 1 is 1.39 bits per heavy atom. The number of nitrogens with one attached hydrogen (secondary N) is 2. The number of urea groups is 1. The van der Waals surface area contributed by atoms with Crippen molar-refractivity contribution < 1.29 is 14.6 Å². The molecule has 1 saturated heterocycles. The van der Waals surface area contributed by atoms with Crippen molar-refractivity contribution in [3.63, 3.8) is 0 Å². The van der Waals surface area contributed by atoms with Crippen LogP contribution in [0, 0.1) is 5.41 Å². The highest BCUT2D eigenvalue weighted by atomic mass is 16.5. The Bertz CT molecular complexity index is 257. The SMILES string of the molecule is CC(C)(C)C(O)CCNC(=O)NC1CCOCC1. The Morgan fingerprint density at radius 2 is 2.00 bits per heavy atom. The summed E-state index contributed by atoms with van der Waals surface area (Å²) in [6, 6.07) is 0.0642. The highest BCUT2D eigenvalue weighted by Gasteiger charge is 2.22. The fourth-order valence-electron chi connectivity index (χ4n) is 1.83. The molecule has 2 amide bonds. The first kappa shape index (κ1) is 15.2. The molecule has 1 atom stereocenters. The molecule has 0 bridgehead atoms. The second-order valence-corrected chi connectivity index (χ2v) is 5.96. The van der Waals surface area contributed by atoms with E-state index >= 15 is 0 Å². The number of amides is 2. The van der Waals surface area contributed by atoms with Gasteiger partial charge in [-0.25, -0.2) is 4.79 Å². The van der Waals surface area contributed by atoms with Gasteiger partial charge in [-0.2, -0.15) is 0 Å². The molecule has 5 heteroatoms. The van der Waals surface area contributed by atoms with Crippen molar-refractivity contribution in [2.75, 3.05) is 19.8 Å². The van der Waals surface area contributed by atoms with Crippen LogP contribution in [-0.2, 0) is 4.74 Å². The lowest BCUT2D eigenvalue weighted by Crippen LogP contribution is -2.45. The lowest BCUT2D eigenvalue weighted by Gasteiger charge is -2.26. The Balaban J connectivity index is 2.13. The van der Waals surface area contributed by atoms with Crippen molar-refractivity contribution in [3.05, 3.63) is 0 Å². The van der Waals surface area contributed by atoms with Crippen LogP contribution >= 0.6 is 0 Å². The third-order valence-corrected chi connectivity index (χ3v) is 3.26. The van der Waals surface area contributed by atoms with Crippen molar-refractivity contribution >= 4 is 6.03 Å². The molecule has 0 spiro atoms. The predicted molar refractivity (Wildman–Crippen MR) is 70.5 cm³/mol. The van der Waals surface area contributed by atoms with E-state index in [1.54, 1.807) is 0 Å². The molecular formula is C13H26N2O3. The molecule has 0 saturated carbocycles. The van der Waals surface area contributed by atoms with Crippen molar-refractivity contribution in [2.45, 2.75) is 52.2 Å². The molecule has 3 N–H and O–H groups in total. The molecule has 1 unspecified atom stereocenters. The van der Waals surface area contributed by atoms with Gasteiger partial charge in [0.1, 0.15) is 0 Å². The molecule has 1 aliphatic rings. The number of ether oxygens (including phenoxy) is 1. The number of carbonyl (C=O) groups excluding carboxylic acids is 1. The zero-order chi connectivity index (χ0) is 13.6. The van der Waals surface area contributed by atoms with Gasteiger partial charge in [0.05, 0.1) is 6.10 Å². The van der Waals surface area contributed by atoms with Gasteiger partial charge < -0.3 is 20.5 Å². The van der Waals surface area contributed by atoms with Crippen LogP contribution in [0.15, 0.2) is 0 Å². The monoisotopic (exact) mass is 258 g/mol. The van der Waals surface area contributed by atoms with Crippen molar-refractivity contribution in [3.8, 4) is 0 Å². The van der Waals surface area contributed by atoms with Crippen LogP contribution < -0.4 is 10.6 Å². The molecule has 0 radical (unpaired) electrons. The zero-order valence-corrected chi connectivity index (χ0v) is 11.7. The van der Waals surface area contributed by atoms with Gasteiger partial charge in [-0.3, -0.25) is 0 Å². The zero-order valence-electron chi connectivity index (χ0n) is 11.7. The second kappa shape index (κ2) is 6.95. The van der Waals surface area contributed by atoms with Crippen LogP contribution in [0.25, 0.3) is 0 Å². The van der Waals surface area contributed by atoms with Gasteiger partial charge in [0.25, 0.3) is 0 Å². The number of hydrogen-bond donors (Lipinski definition) is 3. The third kappa shape index (κ3) is 5.69. The van der Waals surface area contributed by atoms with E-state index in [4.69, 9.17) is 4.74 Å². The van der Waals surface area contributed by atoms with Crippen LogP contribution in [0.1, 0.15) is 40.0 Å². The average molecular weight is 258 g/mol. The van der Waals surface area contributed by atoms with Crippen LogP contribution in [0.4, 0.5) is 4.79 Å². The first-order valence-corrected chi connectivity index (χ1v) is 6.70. The summed E-state index contributed by atoms with van der Waals surface area (Å²) in [5, 5.41) is 15.5. The smallest absolute Gasteiger partial charge is 0.315 e. The molecule has 18 heavy (non-hydrogen) atoms. The Kier molecular flexibility index (Phi) is 5.88. The van der Waals surface area contributed by atoms with Crippen LogP contribution in [0.3, 0.4) is 0 Å². The van der Waals surface area contributed by atoms with E-state index in [2.05, 4.69) is 10.6 Å². The van der Waals surface area contributed by atoms with Gasteiger partial charge in [0.15, 0.2) is 0 Å². The Hall–Kier alpha value is -0.810. The summed E-state index contributed by atoms with van der Waals surface area (Å²) in [5.41, 5.74) is -0.140. The summed E-state index contributed by atoms with van der Waals surface area (Å²) >= 11 is 0. The van der Waals surface area contributed by atoms with Crippen molar-refractivity contribution in [1.29, 1.82) is 0 Å². The molecule has 106 valence electrons. The minimum Gasteiger partial charge on any atom is -0.393 e. The van der Waals surface area contributed by atoms with Crippen molar-refractivity contribution in [1.82, 2.24) is 10.6 Å². The first-order chi connectivity index (χ1) is 8.39. The maximum absolute atomic E-state index is 11.6. The number of carbonyl (C=O) groups is 1. The van der Waals surface area contributed by atoms with Crippen LogP contribution in [0.5, 0.6) is 0 Å². The number of hydrogen-bond acceptors (Lipinski definition) is 3. The molecule has 1 heterocycles. The average Bonchev–Trinajstić information content (AvgIpc) is 2.28. The maximum Gasteiger partial charge on any atom is 0.315 e. The molecule has 1 rings (SSSR count). The fraction of sp³-hybridized carbons (Fsp3) is 0.923. The molecule has 0 aromatic heterocycles. The summed E-state index contributed by atoms with van der Waals surface area (Å²) in [6.45, 7) is 7.88. The van der Waals surface area contributed by atoms with Gasteiger partial charge in [0, 0.05) is 25.8 Å². The molecule has 1 fully saturated rings. The molecule has 0 aromatic rings. The summed E-state index contributed by atoms with van der Waals surface area (Å²) in [4.78, 5) is 11.6. The third-order valence-electron chi connectivity index (χ3n) is 3.26. The lowest BCUT2D eigenvalue weighted by atomic mass is 9.87. The van der Waals surface area contributed by atoms with Crippen molar-refractivity contribution in [2.24, 2.45) is 5.41 Å². The summed E-state index contributed by atoms with van der Waals surface area (Å²) in [7, 11) is 0. The maximum atomic E-state index is 11.6. The normalized spacial score (nSPS) is 19.3. The second-order valence-electron chi connectivity index (χ2n) is 5.96. The number of aliphatic hydroxyl groups is 1. The van der Waals surface area contributed by atoms with E-state index in [0.717, 1.165) is 12.8 Å². The standard InChI is InChI=1S/C13H26N2O3/c1-13(2,3)11(16)4-7-14-12(17)15-10-5-8-18-9-6-10/h10-11,16H,4-9H2,1-3H3,(H2,14,15,17). The minimum atomic E-state index is -0.402. The van der Waals surface area contributed by atoms with Gasteiger partial charge in [-0.15, -0.1) is 0 Å². The molecule has 5 nitrogen and oxygen atoms in total. The van der Waals surface area contributed by atoms with E-state index in [1.807, 2.05) is 20.8 Å². The van der Waals surface area contributed by atoms with E-state index in [1.165, 1.54) is 0 Å². The van der Waals surface area contributed by atoms with Gasteiger partial charge >= 0.3 is 6.03 Å². The summed E-state index contributed by atoms with van der Waals surface area (Å²) in [5.74, 6) is 0.